The number of hydrogen-bond donors (Lipinski definition) is 1. The van der Waals surface area contributed by atoms with Crippen molar-refractivity contribution < 1.29 is 4.79 Å². The topological polar surface area (TPSA) is 32.3 Å². The Balaban J connectivity index is 0.00000200. The molecule has 0 aliphatic carbocycles. The van der Waals surface area contributed by atoms with Gasteiger partial charge >= 0.3 is 0 Å². The Kier molecular flexibility index (Phi) is 7.10. The van der Waals surface area contributed by atoms with Crippen LogP contribution < -0.4 is 5.32 Å². The molecule has 0 bridgehead atoms. The summed E-state index contributed by atoms with van der Waals surface area (Å²) in [5.41, 5.74) is 1.01. The van der Waals surface area contributed by atoms with Gasteiger partial charge in [0, 0.05) is 19.6 Å². The van der Waals surface area contributed by atoms with Crippen LogP contribution in [0, 0.1) is 5.92 Å². The molecule has 20 heavy (non-hydrogen) atoms. The van der Waals surface area contributed by atoms with Gasteiger partial charge in [-0.3, -0.25) is 4.79 Å². The minimum Gasteiger partial charge on any atom is -0.338 e. The van der Waals surface area contributed by atoms with E-state index >= 15 is 0 Å². The van der Waals surface area contributed by atoms with E-state index in [2.05, 4.69) is 5.32 Å². The monoisotopic (exact) mass is 336 g/mol. The Labute approximate surface area is 136 Å². The lowest BCUT2D eigenvalue weighted by molar-refractivity contribution is -0.135. The van der Waals surface area contributed by atoms with Crippen molar-refractivity contribution in [2.45, 2.75) is 19.9 Å². The van der Waals surface area contributed by atoms with Gasteiger partial charge in [0.15, 0.2) is 0 Å². The zero-order valence-corrected chi connectivity index (χ0v) is 13.7. The first-order chi connectivity index (χ1) is 9.11. The van der Waals surface area contributed by atoms with Crippen LogP contribution in [0.5, 0.6) is 0 Å². The number of nitrogens with one attached hydrogen (secondary N) is 1. The molecule has 1 saturated heterocycles. The van der Waals surface area contributed by atoms with Crippen LogP contribution in [-0.2, 0) is 11.3 Å². The molecule has 1 heterocycles. The molecular weight excluding hydrogens is 319 g/mol. The summed E-state index contributed by atoms with van der Waals surface area (Å²) in [4.78, 5) is 14.2. The fourth-order valence-electron chi connectivity index (χ4n) is 2.33. The van der Waals surface area contributed by atoms with Gasteiger partial charge in [-0.25, -0.2) is 0 Å². The third-order valence-electron chi connectivity index (χ3n) is 3.46. The van der Waals surface area contributed by atoms with E-state index in [-0.39, 0.29) is 24.2 Å². The quantitative estimate of drug-likeness (QED) is 0.913. The van der Waals surface area contributed by atoms with Crippen molar-refractivity contribution >= 4 is 41.5 Å². The number of halogens is 3. The van der Waals surface area contributed by atoms with Crippen LogP contribution in [0.3, 0.4) is 0 Å². The van der Waals surface area contributed by atoms with Gasteiger partial charge in [-0.2, -0.15) is 0 Å². The average Bonchev–Trinajstić information content (AvgIpc) is 2.93. The number of hydrogen-bond acceptors (Lipinski definition) is 2. The van der Waals surface area contributed by atoms with Gasteiger partial charge in [0.1, 0.15) is 0 Å². The lowest BCUT2D eigenvalue weighted by atomic mass is 10.1. The van der Waals surface area contributed by atoms with E-state index in [0.717, 1.165) is 25.1 Å². The van der Waals surface area contributed by atoms with Crippen molar-refractivity contribution in [1.29, 1.82) is 0 Å². The molecule has 0 saturated carbocycles. The minimum absolute atomic E-state index is 0. The van der Waals surface area contributed by atoms with Gasteiger partial charge in [0.25, 0.3) is 0 Å². The number of rotatable bonds is 4. The molecule has 0 aromatic heterocycles. The maximum Gasteiger partial charge on any atom is 0.227 e. The Morgan fingerprint density at radius 3 is 2.70 bits per heavy atom. The molecule has 112 valence electrons. The van der Waals surface area contributed by atoms with E-state index < -0.39 is 0 Å². The minimum atomic E-state index is 0. The largest absolute Gasteiger partial charge is 0.338 e. The van der Waals surface area contributed by atoms with Gasteiger partial charge in [-0.15, -0.1) is 12.4 Å². The lowest BCUT2D eigenvalue weighted by Gasteiger charge is -2.24. The van der Waals surface area contributed by atoms with Crippen LogP contribution in [0.4, 0.5) is 0 Å². The zero-order valence-electron chi connectivity index (χ0n) is 11.4. The molecule has 2 rings (SSSR count). The summed E-state index contributed by atoms with van der Waals surface area (Å²) in [5.74, 6) is 0.335. The molecule has 1 fully saturated rings. The van der Waals surface area contributed by atoms with E-state index in [1.807, 2.05) is 24.0 Å². The van der Waals surface area contributed by atoms with Crippen LogP contribution in [0.25, 0.3) is 0 Å². The first-order valence-corrected chi connectivity index (χ1v) is 7.31. The molecule has 0 spiro atoms. The zero-order chi connectivity index (χ0) is 13.8. The summed E-state index contributed by atoms with van der Waals surface area (Å²) < 4.78 is 0. The molecule has 1 aromatic rings. The van der Waals surface area contributed by atoms with Crippen molar-refractivity contribution in [3.8, 4) is 0 Å². The van der Waals surface area contributed by atoms with E-state index in [0.29, 0.717) is 23.1 Å². The van der Waals surface area contributed by atoms with Gasteiger partial charge in [-0.05, 0) is 37.6 Å². The highest BCUT2D eigenvalue weighted by molar-refractivity contribution is 6.42. The summed E-state index contributed by atoms with van der Waals surface area (Å²) in [5, 5.41) is 4.30. The molecule has 1 aliphatic rings. The van der Waals surface area contributed by atoms with Crippen LogP contribution in [0.1, 0.15) is 18.9 Å². The van der Waals surface area contributed by atoms with Crippen LogP contribution in [0.15, 0.2) is 18.2 Å². The van der Waals surface area contributed by atoms with Crippen molar-refractivity contribution in [2.24, 2.45) is 5.92 Å². The highest BCUT2D eigenvalue weighted by Gasteiger charge is 2.26. The second-order valence-corrected chi connectivity index (χ2v) is 5.60. The second kappa shape index (κ2) is 8.08. The third kappa shape index (κ3) is 4.26. The molecular formula is C14H19Cl3N2O. The summed E-state index contributed by atoms with van der Waals surface area (Å²) >= 11 is 11.9. The Morgan fingerprint density at radius 1 is 1.40 bits per heavy atom. The second-order valence-electron chi connectivity index (χ2n) is 4.79. The van der Waals surface area contributed by atoms with E-state index in [4.69, 9.17) is 23.2 Å². The SMILES string of the molecule is CCN(Cc1ccc(Cl)c(Cl)c1)C(=O)C1CCNC1.Cl. The maximum absolute atomic E-state index is 12.4. The number of nitrogens with zero attached hydrogens (tertiary/aromatic N) is 1. The van der Waals surface area contributed by atoms with E-state index in [9.17, 15) is 4.79 Å². The van der Waals surface area contributed by atoms with Crippen LogP contribution in [-0.4, -0.2) is 30.4 Å². The molecule has 1 atom stereocenters. The Morgan fingerprint density at radius 2 is 2.15 bits per heavy atom. The van der Waals surface area contributed by atoms with Gasteiger partial charge in [0.05, 0.1) is 16.0 Å². The predicted molar refractivity (Wildman–Crippen MR) is 85.8 cm³/mol. The smallest absolute Gasteiger partial charge is 0.227 e. The third-order valence-corrected chi connectivity index (χ3v) is 4.20. The average molecular weight is 338 g/mol. The van der Waals surface area contributed by atoms with Crippen molar-refractivity contribution in [1.82, 2.24) is 10.2 Å². The van der Waals surface area contributed by atoms with Crippen molar-refractivity contribution in [2.75, 3.05) is 19.6 Å². The summed E-state index contributed by atoms with van der Waals surface area (Å²) in [6.45, 7) is 5.01. The van der Waals surface area contributed by atoms with E-state index in [1.165, 1.54) is 0 Å². The summed E-state index contributed by atoms with van der Waals surface area (Å²) in [6, 6.07) is 5.51. The standard InChI is InChI=1S/C14H18Cl2N2O.ClH/c1-2-18(14(19)11-5-6-17-8-11)9-10-3-4-12(15)13(16)7-10;/h3-4,7,11,17H,2,5-6,8-9H2,1H3;1H. The summed E-state index contributed by atoms with van der Waals surface area (Å²) in [7, 11) is 0. The number of carbonyl (C=O) groups is 1. The van der Waals surface area contributed by atoms with Crippen molar-refractivity contribution in [3.63, 3.8) is 0 Å². The molecule has 3 nitrogen and oxygen atoms in total. The molecule has 0 radical (unpaired) electrons. The molecule has 1 aliphatic heterocycles. The molecule has 1 aromatic carbocycles. The first-order valence-electron chi connectivity index (χ1n) is 6.55. The Bertz CT molecular complexity index is 462. The number of amides is 1. The first kappa shape index (κ1) is 17.6. The van der Waals surface area contributed by atoms with Gasteiger partial charge in [0.2, 0.25) is 5.91 Å². The highest BCUT2D eigenvalue weighted by atomic mass is 35.5. The van der Waals surface area contributed by atoms with Crippen molar-refractivity contribution in [3.05, 3.63) is 33.8 Å². The Hall–Kier alpha value is -0.480. The maximum atomic E-state index is 12.4. The molecule has 6 heteroatoms. The number of benzene rings is 1. The van der Waals surface area contributed by atoms with Crippen LogP contribution in [0.2, 0.25) is 10.0 Å². The molecule has 1 N–H and O–H groups in total. The molecule has 1 amide bonds. The predicted octanol–water partition coefficient (Wildman–Crippen LogP) is 3.37. The fraction of sp³-hybridized carbons (Fsp3) is 0.500. The number of carbonyl (C=O) groups excluding carboxylic acids is 1. The molecule has 1 unspecified atom stereocenters. The highest BCUT2D eigenvalue weighted by Crippen LogP contribution is 2.23. The summed E-state index contributed by atoms with van der Waals surface area (Å²) in [6.07, 6.45) is 0.927. The van der Waals surface area contributed by atoms with E-state index in [1.54, 1.807) is 6.07 Å². The lowest BCUT2D eigenvalue weighted by Crippen LogP contribution is -2.36. The normalized spacial score (nSPS) is 17.6. The van der Waals surface area contributed by atoms with Crippen LogP contribution >= 0.6 is 35.6 Å². The van der Waals surface area contributed by atoms with Gasteiger partial charge < -0.3 is 10.2 Å². The fourth-order valence-corrected chi connectivity index (χ4v) is 2.65. The van der Waals surface area contributed by atoms with Gasteiger partial charge in [-0.1, -0.05) is 29.3 Å².